The topological polar surface area (TPSA) is 17.1 Å². The summed E-state index contributed by atoms with van der Waals surface area (Å²) in [7, 11) is -1.89. The van der Waals surface area contributed by atoms with Gasteiger partial charge in [0.25, 0.3) is 0 Å². The van der Waals surface area contributed by atoms with Gasteiger partial charge in [-0.15, -0.1) is 5.54 Å². The largest absolute Gasteiger partial charge is 0.289 e. The molecule has 0 unspecified atom stereocenters. The van der Waals surface area contributed by atoms with Crippen molar-refractivity contribution < 1.29 is 4.79 Å². The van der Waals surface area contributed by atoms with E-state index in [0.717, 1.165) is 50.1 Å². The van der Waals surface area contributed by atoms with Crippen molar-refractivity contribution in [1.29, 1.82) is 0 Å². The fraction of sp³-hybridized carbons (Fsp3) is 0.225. The van der Waals surface area contributed by atoms with Gasteiger partial charge in [0.1, 0.15) is 8.07 Å². The Morgan fingerprint density at radius 3 is 1.29 bits per heavy atom. The summed E-state index contributed by atoms with van der Waals surface area (Å²) in [5, 5.41) is 0. The van der Waals surface area contributed by atoms with Crippen molar-refractivity contribution in [3.8, 4) is 11.5 Å². The third-order valence-electron chi connectivity index (χ3n) is 8.83. The molecular formula is C40H40OSi. The van der Waals surface area contributed by atoms with Gasteiger partial charge in [0.15, 0.2) is 5.78 Å². The van der Waals surface area contributed by atoms with Crippen LogP contribution in [-0.4, -0.2) is 13.9 Å². The second-order valence-electron chi connectivity index (χ2n) is 12.2. The molecule has 0 aliphatic heterocycles. The van der Waals surface area contributed by atoms with Crippen LogP contribution in [0.5, 0.6) is 0 Å². The second kappa shape index (κ2) is 12.4. The van der Waals surface area contributed by atoms with Crippen molar-refractivity contribution in [2.45, 2.75) is 58.2 Å². The number of carbonyl (C=O) groups excluding carboxylic acids is 1. The monoisotopic (exact) mass is 564 g/mol. The molecule has 0 radical (unpaired) electrons. The highest BCUT2D eigenvalue weighted by Gasteiger charge is 2.41. The van der Waals surface area contributed by atoms with Gasteiger partial charge in [-0.1, -0.05) is 151 Å². The van der Waals surface area contributed by atoms with Crippen molar-refractivity contribution in [2.75, 3.05) is 0 Å². The van der Waals surface area contributed by atoms with E-state index < -0.39 is 8.07 Å². The maximum absolute atomic E-state index is 14.5. The molecule has 0 bridgehead atoms. The number of Topliss-reactive ketones (excluding diaryl/α,β-unsaturated/α-hetero) is 1. The highest BCUT2D eigenvalue weighted by Crippen LogP contribution is 2.49. The zero-order valence-corrected chi connectivity index (χ0v) is 26.6. The first-order chi connectivity index (χ1) is 20.3. The Labute approximate surface area is 253 Å². The van der Waals surface area contributed by atoms with Crippen molar-refractivity contribution >= 4 is 36.1 Å². The Morgan fingerprint density at radius 2 is 0.857 bits per heavy atom. The Hall–Kier alpha value is -4.19. The molecular weight excluding hydrogens is 525 g/mol. The van der Waals surface area contributed by atoms with Gasteiger partial charge >= 0.3 is 0 Å². The maximum Gasteiger partial charge on any atom is 0.195 e. The van der Waals surface area contributed by atoms with Crippen molar-refractivity contribution in [3.05, 3.63) is 143 Å². The standard InChI is InChI=1S/C40H40OSi/c1-28(2)42(29(3)4,30(5)6)26-25-31-17-16-24-35(27-31)37-36(32-18-10-7-11-19-32)38(33-20-12-8-13-21-33)40(41)39(37)34-22-14-9-15-23-34/h7-24,27-30H,1-6H3. The van der Waals surface area contributed by atoms with E-state index >= 15 is 0 Å². The summed E-state index contributed by atoms with van der Waals surface area (Å²) in [6.07, 6.45) is 0. The summed E-state index contributed by atoms with van der Waals surface area (Å²) in [6, 6.07) is 39.0. The van der Waals surface area contributed by atoms with Gasteiger partial charge in [-0.3, -0.25) is 4.79 Å². The summed E-state index contributed by atoms with van der Waals surface area (Å²) in [6.45, 7) is 14.1. The van der Waals surface area contributed by atoms with Crippen LogP contribution < -0.4 is 0 Å². The molecule has 1 nitrogen and oxygen atoms in total. The Morgan fingerprint density at radius 1 is 0.476 bits per heavy atom. The molecule has 1 aliphatic rings. The van der Waals surface area contributed by atoms with E-state index in [9.17, 15) is 4.79 Å². The molecule has 0 spiro atoms. The van der Waals surface area contributed by atoms with Gasteiger partial charge in [0.05, 0.1) is 0 Å². The summed E-state index contributed by atoms with van der Waals surface area (Å²) in [4.78, 5) is 14.5. The van der Waals surface area contributed by atoms with E-state index in [4.69, 9.17) is 0 Å². The van der Waals surface area contributed by atoms with Crippen LogP contribution in [0.2, 0.25) is 16.6 Å². The molecule has 5 rings (SSSR count). The minimum absolute atomic E-state index is 0.0589. The van der Waals surface area contributed by atoms with Gasteiger partial charge < -0.3 is 0 Å². The lowest BCUT2D eigenvalue weighted by Crippen LogP contribution is -2.43. The average Bonchev–Trinajstić information content (AvgIpc) is 3.31. The molecule has 0 atom stereocenters. The Kier molecular flexibility index (Phi) is 8.62. The summed E-state index contributed by atoms with van der Waals surface area (Å²) < 4.78 is 0. The van der Waals surface area contributed by atoms with Gasteiger partial charge in [-0.05, 0) is 51.0 Å². The highest BCUT2D eigenvalue weighted by molar-refractivity contribution is 6.90. The third kappa shape index (κ3) is 5.38. The second-order valence-corrected chi connectivity index (χ2v) is 17.7. The highest BCUT2D eigenvalue weighted by atomic mass is 28.3. The van der Waals surface area contributed by atoms with Crippen LogP contribution in [0.25, 0.3) is 22.3 Å². The van der Waals surface area contributed by atoms with E-state index in [2.05, 4.69) is 89.4 Å². The zero-order valence-electron chi connectivity index (χ0n) is 25.6. The number of benzene rings is 4. The molecule has 0 heterocycles. The minimum atomic E-state index is -1.89. The summed E-state index contributed by atoms with van der Waals surface area (Å²) in [5.74, 6) is 3.70. The normalized spacial score (nSPS) is 13.8. The van der Waals surface area contributed by atoms with Crippen molar-refractivity contribution in [2.24, 2.45) is 0 Å². The van der Waals surface area contributed by atoms with E-state index in [1.165, 1.54) is 0 Å². The average molecular weight is 565 g/mol. The molecule has 0 saturated heterocycles. The number of hydrogen-bond donors (Lipinski definition) is 0. The smallest absolute Gasteiger partial charge is 0.195 e. The van der Waals surface area contributed by atoms with E-state index in [1.54, 1.807) is 0 Å². The molecule has 2 heteroatoms. The molecule has 4 aromatic carbocycles. The van der Waals surface area contributed by atoms with Gasteiger partial charge in [-0.2, -0.15) is 0 Å². The quantitative estimate of drug-likeness (QED) is 0.161. The molecule has 210 valence electrons. The van der Waals surface area contributed by atoms with Crippen LogP contribution in [0.1, 0.15) is 69.4 Å². The van der Waals surface area contributed by atoms with Crippen molar-refractivity contribution in [1.82, 2.24) is 0 Å². The fourth-order valence-corrected chi connectivity index (χ4v) is 12.1. The van der Waals surface area contributed by atoms with E-state index in [-0.39, 0.29) is 5.78 Å². The minimum Gasteiger partial charge on any atom is -0.289 e. The lowest BCUT2D eigenvalue weighted by atomic mass is 9.88. The molecule has 0 N–H and O–H groups in total. The number of hydrogen-bond acceptors (Lipinski definition) is 1. The molecule has 1 aliphatic carbocycles. The van der Waals surface area contributed by atoms with Gasteiger partial charge in [0.2, 0.25) is 0 Å². The number of rotatable bonds is 7. The third-order valence-corrected chi connectivity index (χ3v) is 15.1. The first-order valence-corrected chi connectivity index (χ1v) is 17.3. The van der Waals surface area contributed by atoms with Crippen LogP contribution in [0.4, 0.5) is 0 Å². The molecule has 42 heavy (non-hydrogen) atoms. The molecule has 0 saturated carbocycles. The summed E-state index contributed by atoms with van der Waals surface area (Å²) in [5.41, 5.74) is 13.9. The van der Waals surface area contributed by atoms with Crippen LogP contribution in [0.15, 0.2) is 115 Å². The van der Waals surface area contributed by atoms with Crippen LogP contribution in [0, 0.1) is 11.5 Å². The number of allylic oxidation sites excluding steroid dienone is 4. The van der Waals surface area contributed by atoms with Gasteiger partial charge in [-0.25, -0.2) is 0 Å². The van der Waals surface area contributed by atoms with E-state index in [1.807, 2.05) is 78.9 Å². The summed E-state index contributed by atoms with van der Waals surface area (Å²) >= 11 is 0. The molecule has 0 amide bonds. The van der Waals surface area contributed by atoms with Crippen LogP contribution >= 0.6 is 0 Å². The van der Waals surface area contributed by atoms with Crippen LogP contribution in [-0.2, 0) is 4.79 Å². The number of ketones is 1. The van der Waals surface area contributed by atoms with Gasteiger partial charge in [0, 0.05) is 27.9 Å². The molecule has 0 fully saturated rings. The predicted molar refractivity (Wildman–Crippen MR) is 182 cm³/mol. The predicted octanol–water partition coefficient (Wildman–Crippen LogP) is 10.4. The maximum atomic E-state index is 14.5. The molecule has 0 aromatic heterocycles. The molecule has 4 aromatic rings. The Balaban J connectivity index is 1.78. The lowest BCUT2D eigenvalue weighted by molar-refractivity contribution is -0.108. The van der Waals surface area contributed by atoms with Crippen molar-refractivity contribution in [3.63, 3.8) is 0 Å². The van der Waals surface area contributed by atoms with E-state index in [0.29, 0.717) is 16.6 Å². The SMILES string of the molecule is CC(C)[Si](C#Cc1cccc(C2=C(c3ccccc3)C(=O)C(c3ccccc3)=C2c2ccccc2)c1)(C(C)C)C(C)C. The zero-order chi connectivity index (χ0) is 29.9. The first-order valence-electron chi connectivity index (χ1n) is 15.1. The number of carbonyl (C=O) groups is 1. The van der Waals surface area contributed by atoms with Crippen LogP contribution in [0.3, 0.4) is 0 Å². The lowest BCUT2D eigenvalue weighted by Gasteiger charge is -2.38. The first kappa shape index (κ1) is 29.3. The fourth-order valence-electron chi connectivity index (χ4n) is 6.91. The Bertz CT molecular complexity index is 1670.